The fourth-order valence-electron chi connectivity index (χ4n) is 5.63. The van der Waals surface area contributed by atoms with Gasteiger partial charge >= 0.3 is 12.0 Å². The van der Waals surface area contributed by atoms with Crippen molar-refractivity contribution in [1.29, 1.82) is 0 Å². The van der Waals surface area contributed by atoms with Crippen LogP contribution in [0.5, 0.6) is 6.01 Å². The Balaban J connectivity index is 1.51. The van der Waals surface area contributed by atoms with Crippen molar-refractivity contribution in [3.05, 3.63) is 53.4 Å². The number of rotatable bonds is 7. The van der Waals surface area contributed by atoms with E-state index in [4.69, 9.17) is 21.1 Å². The predicted octanol–water partition coefficient (Wildman–Crippen LogP) is 5.30. The molecule has 4 heterocycles. The Morgan fingerprint density at radius 1 is 1.15 bits per heavy atom. The monoisotopic (exact) mass is 549 g/mol. The van der Waals surface area contributed by atoms with E-state index in [1.165, 1.54) is 0 Å². The van der Waals surface area contributed by atoms with Crippen LogP contribution >= 0.6 is 11.6 Å². The van der Waals surface area contributed by atoms with Crippen LogP contribution in [0.15, 0.2) is 42.6 Å². The summed E-state index contributed by atoms with van der Waals surface area (Å²) in [5.41, 5.74) is 0.779. The van der Waals surface area contributed by atoms with Crippen LogP contribution in [0.2, 0.25) is 5.02 Å². The van der Waals surface area contributed by atoms with Crippen molar-refractivity contribution in [2.45, 2.75) is 51.3 Å². The Morgan fingerprint density at radius 2 is 1.90 bits per heavy atom. The first-order valence-electron chi connectivity index (χ1n) is 13.3. The number of pyridine rings is 1. The van der Waals surface area contributed by atoms with Crippen LogP contribution in [0.3, 0.4) is 0 Å². The molecule has 2 bridgehead atoms. The predicted molar refractivity (Wildman–Crippen MR) is 149 cm³/mol. The van der Waals surface area contributed by atoms with Crippen molar-refractivity contribution >= 4 is 45.1 Å². The molecule has 10 heteroatoms. The van der Waals surface area contributed by atoms with Crippen LogP contribution in [0.1, 0.15) is 33.1 Å². The number of carbonyl (C=O) groups excluding carboxylic acids is 1. The van der Waals surface area contributed by atoms with Crippen LogP contribution in [-0.2, 0) is 9.53 Å². The molecule has 2 aromatic carbocycles. The zero-order chi connectivity index (χ0) is 27.1. The van der Waals surface area contributed by atoms with Gasteiger partial charge in [-0.3, -0.25) is 4.98 Å². The lowest BCUT2D eigenvalue weighted by Gasteiger charge is -2.34. The minimum atomic E-state index is -0.907. The molecule has 2 aromatic heterocycles. The molecule has 2 fully saturated rings. The maximum Gasteiger partial charge on any atom is 0.347 e. The van der Waals surface area contributed by atoms with Crippen LogP contribution in [0, 0.1) is 5.82 Å². The number of hydrogen-bond acceptors (Lipinski definition) is 8. The molecular formula is C29H29ClFN5O3. The topological polar surface area (TPSA) is 89.5 Å². The summed E-state index contributed by atoms with van der Waals surface area (Å²) in [6, 6.07) is 11.7. The molecular weight excluding hydrogens is 521 g/mol. The van der Waals surface area contributed by atoms with E-state index in [0.717, 1.165) is 31.3 Å². The number of hydrogen-bond donors (Lipinski definition) is 1. The van der Waals surface area contributed by atoms with Crippen molar-refractivity contribution in [3.8, 4) is 17.3 Å². The number of aromatic nitrogens is 3. The van der Waals surface area contributed by atoms with Crippen LogP contribution in [0.4, 0.5) is 10.2 Å². The molecule has 0 aliphatic carbocycles. The summed E-state index contributed by atoms with van der Waals surface area (Å²) >= 11 is 6.54. The number of esters is 1. The highest BCUT2D eigenvalue weighted by Crippen LogP contribution is 2.38. The van der Waals surface area contributed by atoms with Gasteiger partial charge in [0, 0.05) is 47.3 Å². The number of nitrogens with one attached hydrogen (secondary N) is 1. The van der Waals surface area contributed by atoms with Crippen molar-refractivity contribution in [2.75, 3.05) is 24.6 Å². The fourth-order valence-corrected chi connectivity index (χ4v) is 5.91. The van der Waals surface area contributed by atoms with Crippen molar-refractivity contribution < 1.29 is 18.7 Å². The summed E-state index contributed by atoms with van der Waals surface area (Å²) in [4.78, 5) is 28.3. The SMILES string of the molecule is CCOC(=O)C(CC)Oc1nc(N2C[C@H]3CC[C@@H](C2)N3)c2cnc(-c3cccc4cccc(Cl)c34)c(F)c2n1. The summed E-state index contributed by atoms with van der Waals surface area (Å²) in [6.45, 7) is 5.21. The molecule has 0 amide bonds. The second kappa shape index (κ2) is 10.5. The van der Waals surface area contributed by atoms with Gasteiger partial charge in [0.2, 0.25) is 0 Å². The van der Waals surface area contributed by atoms with Gasteiger partial charge in [-0.2, -0.15) is 9.97 Å². The number of ether oxygens (including phenoxy) is 2. The Morgan fingerprint density at radius 3 is 2.62 bits per heavy atom. The van der Waals surface area contributed by atoms with Crippen LogP contribution in [-0.4, -0.2) is 58.8 Å². The Kier molecular flexibility index (Phi) is 6.95. The molecule has 0 spiro atoms. The Labute approximate surface area is 230 Å². The first-order chi connectivity index (χ1) is 19.0. The van der Waals surface area contributed by atoms with Gasteiger partial charge in [-0.1, -0.05) is 48.9 Å². The largest absolute Gasteiger partial charge is 0.463 e. The molecule has 1 unspecified atom stereocenters. The number of fused-ring (bicyclic) bond motifs is 4. The average molecular weight is 550 g/mol. The lowest BCUT2D eigenvalue weighted by Crippen LogP contribution is -2.51. The Bertz CT molecular complexity index is 1550. The summed E-state index contributed by atoms with van der Waals surface area (Å²) in [7, 11) is 0. The summed E-state index contributed by atoms with van der Waals surface area (Å²) in [5, 5.41) is 6.19. The summed E-state index contributed by atoms with van der Waals surface area (Å²) in [5.74, 6) is -0.566. The number of piperazine rings is 1. The average Bonchev–Trinajstić information content (AvgIpc) is 3.28. The number of carbonyl (C=O) groups is 1. The van der Waals surface area contributed by atoms with E-state index in [2.05, 4.69) is 25.2 Å². The van der Waals surface area contributed by atoms with Gasteiger partial charge in [0.15, 0.2) is 11.9 Å². The van der Waals surface area contributed by atoms with E-state index in [0.29, 0.717) is 45.7 Å². The van der Waals surface area contributed by atoms with E-state index in [9.17, 15) is 4.79 Å². The zero-order valence-corrected chi connectivity index (χ0v) is 22.5. The zero-order valence-electron chi connectivity index (χ0n) is 21.8. The molecule has 0 saturated carbocycles. The van der Waals surface area contributed by atoms with E-state index >= 15 is 4.39 Å². The molecule has 1 N–H and O–H groups in total. The van der Waals surface area contributed by atoms with Gasteiger partial charge in [0.25, 0.3) is 0 Å². The quantitative estimate of drug-likeness (QED) is 0.311. The van der Waals surface area contributed by atoms with Crippen LogP contribution in [0.25, 0.3) is 32.9 Å². The standard InChI is InChI=1S/C29H29ClFN5O3/c1-3-22(28(37)38-4-2)39-29-34-26-20(27(35-29)36-14-17-11-12-18(15-36)33-17)13-32-25(24(26)31)19-9-5-7-16-8-6-10-21(30)23(16)19/h5-10,13,17-18,22,33H,3-4,11-12,14-15H2,1-2H3/t17-,18+,22?. The number of nitrogens with zero attached hydrogens (tertiary/aromatic N) is 4. The molecule has 4 aromatic rings. The van der Waals surface area contributed by atoms with Gasteiger partial charge in [-0.05, 0) is 37.6 Å². The molecule has 6 rings (SSSR count). The molecule has 3 atom stereocenters. The van der Waals surface area contributed by atoms with Gasteiger partial charge in [0.1, 0.15) is 17.0 Å². The fraction of sp³-hybridized carbons (Fsp3) is 0.379. The normalized spacial score (nSPS) is 19.4. The number of halogens is 2. The van der Waals surface area contributed by atoms with Gasteiger partial charge in [-0.25, -0.2) is 9.18 Å². The highest BCUT2D eigenvalue weighted by molar-refractivity contribution is 6.36. The van der Waals surface area contributed by atoms with Gasteiger partial charge < -0.3 is 19.7 Å². The maximum atomic E-state index is 16.4. The van der Waals surface area contributed by atoms with Crippen molar-refractivity contribution in [2.24, 2.45) is 0 Å². The van der Waals surface area contributed by atoms with Crippen molar-refractivity contribution in [1.82, 2.24) is 20.3 Å². The number of anilines is 1. The minimum Gasteiger partial charge on any atom is -0.463 e. The van der Waals surface area contributed by atoms with E-state index < -0.39 is 17.9 Å². The summed E-state index contributed by atoms with van der Waals surface area (Å²) < 4.78 is 27.5. The minimum absolute atomic E-state index is 0.0738. The first kappa shape index (κ1) is 25.7. The van der Waals surface area contributed by atoms with Crippen LogP contribution < -0.4 is 15.0 Å². The lowest BCUT2D eigenvalue weighted by atomic mass is 10.0. The highest BCUT2D eigenvalue weighted by Gasteiger charge is 2.34. The molecule has 2 aliphatic rings. The second-order valence-corrected chi connectivity index (χ2v) is 10.4. The van der Waals surface area contributed by atoms with Crippen molar-refractivity contribution in [3.63, 3.8) is 0 Å². The Hall–Kier alpha value is -3.56. The highest BCUT2D eigenvalue weighted by atomic mass is 35.5. The molecule has 2 saturated heterocycles. The lowest BCUT2D eigenvalue weighted by molar-refractivity contribution is -0.151. The molecule has 2 aliphatic heterocycles. The summed E-state index contributed by atoms with van der Waals surface area (Å²) in [6.07, 6.45) is 3.22. The van der Waals surface area contributed by atoms with Gasteiger partial charge in [0.05, 0.1) is 12.0 Å². The smallest absolute Gasteiger partial charge is 0.347 e. The first-order valence-corrected chi connectivity index (χ1v) is 13.7. The number of benzene rings is 2. The maximum absolute atomic E-state index is 16.4. The molecule has 202 valence electrons. The third-order valence-electron chi connectivity index (χ3n) is 7.44. The third-order valence-corrected chi connectivity index (χ3v) is 7.75. The third kappa shape index (κ3) is 4.74. The van der Waals surface area contributed by atoms with Gasteiger partial charge in [-0.15, -0.1) is 0 Å². The second-order valence-electron chi connectivity index (χ2n) is 9.97. The molecule has 8 nitrogen and oxygen atoms in total. The van der Waals surface area contributed by atoms with E-state index in [-0.39, 0.29) is 23.8 Å². The molecule has 39 heavy (non-hydrogen) atoms. The van der Waals surface area contributed by atoms with E-state index in [1.54, 1.807) is 25.3 Å². The molecule has 0 radical (unpaired) electrons. The van der Waals surface area contributed by atoms with E-state index in [1.807, 2.05) is 31.2 Å².